The maximum Gasteiger partial charge on any atom is 0.233 e. The van der Waals surface area contributed by atoms with E-state index in [-0.39, 0.29) is 11.7 Å². The minimum atomic E-state index is 0.0167. The molecule has 0 fully saturated rings. The number of amides is 1. The van der Waals surface area contributed by atoms with Crippen LogP contribution in [0.2, 0.25) is 10.0 Å². The first kappa shape index (κ1) is 19.7. The number of halogens is 2. The zero-order valence-electron chi connectivity index (χ0n) is 14.7. The highest BCUT2D eigenvalue weighted by atomic mass is 35.5. The summed E-state index contributed by atoms with van der Waals surface area (Å²) in [7, 11) is 0. The van der Waals surface area contributed by atoms with Crippen LogP contribution in [0.3, 0.4) is 0 Å². The van der Waals surface area contributed by atoms with Crippen LogP contribution in [-0.4, -0.2) is 37.9 Å². The molecule has 3 rings (SSSR count). The van der Waals surface area contributed by atoms with Crippen LogP contribution < -0.4 is 0 Å². The largest absolute Gasteiger partial charge is 0.338 e. The van der Waals surface area contributed by atoms with Crippen molar-refractivity contribution in [3.05, 3.63) is 70.5 Å². The second kappa shape index (κ2) is 9.26. The Morgan fingerprint density at radius 1 is 1.19 bits per heavy atom. The second-order valence-electron chi connectivity index (χ2n) is 5.75. The molecule has 0 unspecified atom stereocenters. The summed E-state index contributed by atoms with van der Waals surface area (Å²) in [4.78, 5) is 14.4. The normalized spacial score (nSPS) is 10.8. The molecule has 0 N–H and O–H groups in total. The summed E-state index contributed by atoms with van der Waals surface area (Å²) in [6, 6.07) is 15.0. The Hall–Kier alpha value is -2.02. The molecule has 0 aliphatic rings. The van der Waals surface area contributed by atoms with E-state index in [9.17, 15) is 4.79 Å². The van der Waals surface area contributed by atoms with E-state index in [1.165, 1.54) is 11.8 Å². The lowest BCUT2D eigenvalue weighted by atomic mass is 10.2. The number of carbonyl (C=O) groups excluding carboxylic acids is 1. The number of hydrogen-bond acceptors (Lipinski definition) is 4. The highest BCUT2D eigenvalue weighted by molar-refractivity contribution is 7.99. The molecule has 1 aromatic heterocycles. The average molecular weight is 421 g/mol. The van der Waals surface area contributed by atoms with Crippen molar-refractivity contribution in [3.8, 4) is 5.69 Å². The Morgan fingerprint density at radius 2 is 2.00 bits per heavy atom. The van der Waals surface area contributed by atoms with E-state index in [0.29, 0.717) is 28.3 Å². The molecule has 2 aromatic carbocycles. The van der Waals surface area contributed by atoms with Gasteiger partial charge in [-0.1, -0.05) is 59.2 Å². The molecule has 0 saturated carbocycles. The quantitative estimate of drug-likeness (QED) is 0.519. The maximum atomic E-state index is 12.7. The van der Waals surface area contributed by atoms with Gasteiger partial charge in [0.1, 0.15) is 6.33 Å². The van der Waals surface area contributed by atoms with E-state index >= 15 is 0 Å². The molecule has 0 spiro atoms. The summed E-state index contributed by atoms with van der Waals surface area (Å²) < 4.78 is 1.81. The number of benzene rings is 2. The fourth-order valence-corrected chi connectivity index (χ4v) is 3.76. The molecular weight excluding hydrogens is 403 g/mol. The molecule has 140 valence electrons. The van der Waals surface area contributed by atoms with Gasteiger partial charge in [-0.3, -0.25) is 9.36 Å². The van der Waals surface area contributed by atoms with Gasteiger partial charge in [0.25, 0.3) is 0 Å². The van der Waals surface area contributed by atoms with Gasteiger partial charge in [0.2, 0.25) is 5.91 Å². The lowest BCUT2D eigenvalue weighted by Crippen LogP contribution is -2.31. The third-order valence-electron chi connectivity index (χ3n) is 3.98. The lowest BCUT2D eigenvalue weighted by molar-refractivity contribution is -0.128. The van der Waals surface area contributed by atoms with Crippen LogP contribution in [-0.2, 0) is 11.3 Å². The molecule has 3 aromatic rings. The number of rotatable bonds is 7. The number of nitrogens with zero attached hydrogens (tertiary/aromatic N) is 4. The summed E-state index contributed by atoms with van der Waals surface area (Å²) in [5.41, 5.74) is 1.78. The third kappa shape index (κ3) is 5.03. The molecule has 0 aliphatic heterocycles. The smallest absolute Gasteiger partial charge is 0.233 e. The van der Waals surface area contributed by atoms with Crippen LogP contribution in [0, 0.1) is 0 Å². The van der Waals surface area contributed by atoms with Crippen molar-refractivity contribution in [2.45, 2.75) is 18.6 Å². The van der Waals surface area contributed by atoms with Crippen molar-refractivity contribution >= 4 is 40.9 Å². The van der Waals surface area contributed by atoms with Crippen LogP contribution in [0.4, 0.5) is 0 Å². The maximum absolute atomic E-state index is 12.7. The SMILES string of the molecule is CCN(Cc1ccccc1Cl)C(=O)CSc1nncn1-c1cccc(Cl)c1. The molecule has 0 aliphatic carbocycles. The van der Waals surface area contributed by atoms with Gasteiger partial charge in [0.05, 0.1) is 11.4 Å². The molecular formula is C19H18Cl2N4OS. The lowest BCUT2D eigenvalue weighted by Gasteiger charge is -2.21. The zero-order valence-corrected chi connectivity index (χ0v) is 17.0. The van der Waals surface area contributed by atoms with Crippen LogP contribution in [0.25, 0.3) is 5.69 Å². The Morgan fingerprint density at radius 3 is 2.74 bits per heavy atom. The number of carbonyl (C=O) groups is 1. The van der Waals surface area contributed by atoms with Gasteiger partial charge in [0.15, 0.2) is 5.16 Å². The van der Waals surface area contributed by atoms with Crippen LogP contribution in [0.1, 0.15) is 12.5 Å². The van der Waals surface area contributed by atoms with E-state index < -0.39 is 0 Å². The topological polar surface area (TPSA) is 51.0 Å². The summed E-state index contributed by atoms with van der Waals surface area (Å²) >= 11 is 13.6. The van der Waals surface area contributed by atoms with E-state index in [2.05, 4.69) is 10.2 Å². The summed E-state index contributed by atoms with van der Waals surface area (Å²) in [6.07, 6.45) is 1.61. The van der Waals surface area contributed by atoms with Crippen LogP contribution >= 0.6 is 35.0 Å². The van der Waals surface area contributed by atoms with Gasteiger partial charge in [-0.2, -0.15) is 0 Å². The van der Waals surface area contributed by atoms with Gasteiger partial charge in [-0.25, -0.2) is 0 Å². The van der Waals surface area contributed by atoms with Crippen molar-refractivity contribution in [1.29, 1.82) is 0 Å². The van der Waals surface area contributed by atoms with Crippen molar-refractivity contribution in [2.24, 2.45) is 0 Å². The molecule has 0 atom stereocenters. The van der Waals surface area contributed by atoms with Gasteiger partial charge in [0, 0.05) is 23.1 Å². The summed E-state index contributed by atoms with van der Waals surface area (Å²) in [5, 5.41) is 10.0. The molecule has 27 heavy (non-hydrogen) atoms. The fourth-order valence-electron chi connectivity index (χ4n) is 2.55. The van der Waals surface area contributed by atoms with E-state index in [1.54, 1.807) is 17.3 Å². The predicted molar refractivity (Wildman–Crippen MR) is 110 cm³/mol. The molecule has 0 radical (unpaired) electrons. The predicted octanol–water partition coefficient (Wildman–Crippen LogP) is 4.71. The molecule has 8 heteroatoms. The molecule has 5 nitrogen and oxygen atoms in total. The fraction of sp³-hybridized carbons (Fsp3) is 0.211. The number of hydrogen-bond donors (Lipinski definition) is 0. The number of aromatic nitrogens is 3. The molecule has 1 amide bonds. The summed E-state index contributed by atoms with van der Waals surface area (Å²) in [6.45, 7) is 3.04. The first-order chi connectivity index (χ1) is 13.1. The van der Waals surface area contributed by atoms with Crippen molar-refractivity contribution in [2.75, 3.05) is 12.3 Å². The van der Waals surface area contributed by atoms with Gasteiger partial charge < -0.3 is 4.90 Å². The first-order valence-corrected chi connectivity index (χ1v) is 10.1. The molecule has 1 heterocycles. The van der Waals surface area contributed by atoms with E-state index in [0.717, 1.165) is 11.3 Å². The van der Waals surface area contributed by atoms with Gasteiger partial charge >= 0.3 is 0 Å². The van der Waals surface area contributed by atoms with Gasteiger partial charge in [-0.05, 0) is 36.8 Å². The zero-order chi connectivity index (χ0) is 19.2. The Bertz CT molecular complexity index is 931. The van der Waals surface area contributed by atoms with E-state index in [4.69, 9.17) is 23.2 Å². The number of thioether (sulfide) groups is 1. The Balaban J connectivity index is 1.67. The highest BCUT2D eigenvalue weighted by Gasteiger charge is 2.16. The van der Waals surface area contributed by atoms with Gasteiger partial charge in [-0.15, -0.1) is 10.2 Å². The Kier molecular flexibility index (Phi) is 6.77. The van der Waals surface area contributed by atoms with Crippen molar-refractivity contribution in [3.63, 3.8) is 0 Å². The van der Waals surface area contributed by atoms with Crippen LogP contribution in [0.15, 0.2) is 60.0 Å². The average Bonchev–Trinajstić information content (AvgIpc) is 3.14. The minimum absolute atomic E-state index is 0.0167. The highest BCUT2D eigenvalue weighted by Crippen LogP contribution is 2.23. The van der Waals surface area contributed by atoms with E-state index in [1.807, 2.05) is 54.0 Å². The minimum Gasteiger partial charge on any atom is -0.338 e. The summed E-state index contributed by atoms with van der Waals surface area (Å²) in [5.74, 6) is 0.278. The molecule has 0 bridgehead atoms. The third-order valence-corrected chi connectivity index (χ3v) is 5.51. The second-order valence-corrected chi connectivity index (χ2v) is 7.54. The van der Waals surface area contributed by atoms with Crippen molar-refractivity contribution < 1.29 is 4.79 Å². The molecule has 0 saturated heterocycles. The monoisotopic (exact) mass is 420 g/mol. The Labute approximate surface area is 172 Å². The van der Waals surface area contributed by atoms with Crippen molar-refractivity contribution in [1.82, 2.24) is 19.7 Å². The van der Waals surface area contributed by atoms with Crippen LogP contribution in [0.5, 0.6) is 0 Å². The first-order valence-electron chi connectivity index (χ1n) is 8.38. The standard InChI is InChI=1S/C19H18Cl2N4OS/c1-2-24(11-14-6-3-4-9-17(14)21)18(26)12-27-19-23-22-13-25(19)16-8-5-7-15(20)10-16/h3-10,13H,2,11-12H2,1H3.